The second kappa shape index (κ2) is 11.6. The number of hydrogen-bond acceptors (Lipinski definition) is 4. The molecule has 0 atom stereocenters. The van der Waals surface area contributed by atoms with E-state index in [-0.39, 0.29) is 63.8 Å². The SMILES string of the molecule is CC(C)(C)c1cc(C(=O)O)c(O)c(C(C)(C)C)c1.CC(C)(C)c1cc(C(=O)O)c(O)c(C(C)(C)C)c1.[Zn]. The summed E-state index contributed by atoms with van der Waals surface area (Å²) in [5, 5.41) is 38.6. The zero-order valence-corrected chi connectivity index (χ0v) is 27.6. The average Bonchev–Trinajstić information content (AvgIpc) is 2.64. The van der Waals surface area contributed by atoms with Crippen LogP contribution in [0.4, 0.5) is 0 Å². The van der Waals surface area contributed by atoms with Crippen molar-refractivity contribution in [1.82, 2.24) is 0 Å². The first-order chi connectivity index (χ1) is 15.9. The van der Waals surface area contributed by atoms with Crippen LogP contribution < -0.4 is 0 Å². The molecule has 0 unspecified atom stereocenters. The molecule has 0 aromatic heterocycles. The number of benzene rings is 2. The summed E-state index contributed by atoms with van der Waals surface area (Å²) in [4.78, 5) is 22.4. The van der Waals surface area contributed by atoms with Crippen LogP contribution in [0.5, 0.6) is 11.5 Å². The van der Waals surface area contributed by atoms with E-state index in [0.717, 1.165) is 11.1 Å². The van der Waals surface area contributed by atoms with Crippen LogP contribution in [0, 0.1) is 0 Å². The van der Waals surface area contributed by atoms with E-state index in [4.69, 9.17) is 0 Å². The van der Waals surface area contributed by atoms with Crippen LogP contribution in [0.15, 0.2) is 24.3 Å². The number of aromatic carboxylic acids is 2. The van der Waals surface area contributed by atoms with Crippen molar-refractivity contribution in [3.8, 4) is 11.5 Å². The quantitative estimate of drug-likeness (QED) is 0.283. The Kier molecular flexibility index (Phi) is 10.8. The first kappa shape index (κ1) is 34.6. The summed E-state index contributed by atoms with van der Waals surface area (Å²) in [6, 6.07) is 6.93. The van der Waals surface area contributed by atoms with E-state index in [2.05, 4.69) is 0 Å². The predicted octanol–water partition coefficient (Wildman–Crippen LogP) is 7.37. The number of aromatic hydroxyl groups is 2. The third-order valence-electron chi connectivity index (χ3n) is 6.03. The second-order valence-electron chi connectivity index (χ2n) is 13.5. The molecular formula is C30H44O6Zn. The van der Waals surface area contributed by atoms with E-state index >= 15 is 0 Å². The van der Waals surface area contributed by atoms with E-state index in [0.29, 0.717) is 11.1 Å². The van der Waals surface area contributed by atoms with Crippen molar-refractivity contribution in [2.45, 2.75) is 105 Å². The molecule has 2 aromatic carbocycles. The molecule has 37 heavy (non-hydrogen) atoms. The number of phenols is 2. The average molecular weight is 566 g/mol. The predicted molar refractivity (Wildman–Crippen MR) is 145 cm³/mol. The molecule has 0 amide bonds. The molecular weight excluding hydrogens is 522 g/mol. The summed E-state index contributed by atoms with van der Waals surface area (Å²) in [5.41, 5.74) is 2.24. The first-order valence-corrected chi connectivity index (χ1v) is 12.1. The molecule has 0 saturated carbocycles. The van der Waals surface area contributed by atoms with Gasteiger partial charge in [-0.15, -0.1) is 0 Å². The molecule has 7 heteroatoms. The third kappa shape index (κ3) is 8.84. The van der Waals surface area contributed by atoms with E-state index < -0.39 is 11.9 Å². The van der Waals surface area contributed by atoms with Crippen molar-refractivity contribution in [2.24, 2.45) is 0 Å². The van der Waals surface area contributed by atoms with Crippen LogP contribution in [0.3, 0.4) is 0 Å². The van der Waals surface area contributed by atoms with Gasteiger partial charge >= 0.3 is 11.9 Å². The van der Waals surface area contributed by atoms with Crippen LogP contribution in [0.25, 0.3) is 0 Å². The Morgan fingerprint density at radius 1 is 0.514 bits per heavy atom. The van der Waals surface area contributed by atoms with Crippen molar-refractivity contribution < 1.29 is 49.5 Å². The van der Waals surface area contributed by atoms with E-state index in [1.807, 2.05) is 95.2 Å². The van der Waals surface area contributed by atoms with E-state index in [1.165, 1.54) is 0 Å². The van der Waals surface area contributed by atoms with Gasteiger partial charge in [-0.25, -0.2) is 9.59 Å². The van der Waals surface area contributed by atoms with Gasteiger partial charge in [0.2, 0.25) is 0 Å². The number of carboxylic acids is 2. The van der Waals surface area contributed by atoms with Crippen molar-refractivity contribution in [3.63, 3.8) is 0 Å². The number of carboxylic acid groups (broad SMARTS) is 2. The van der Waals surface area contributed by atoms with Crippen LogP contribution in [-0.2, 0) is 41.1 Å². The molecule has 0 heterocycles. The minimum atomic E-state index is -1.09. The summed E-state index contributed by atoms with van der Waals surface area (Å²) in [6.07, 6.45) is 0. The Labute approximate surface area is 234 Å². The van der Waals surface area contributed by atoms with E-state index in [9.17, 15) is 30.0 Å². The Hall–Kier alpha value is -2.40. The summed E-state index contributed by atoms with van der Waals surface area (Å²) in [6.45, 7) is 23.9. The van der Waals surface area contributed by atoms with Gasteiger partial charge in [0.05, 0.1) is 0 Å². The summed E-state index contributed by atoms with van der Waals surface area (Å²) < 4.78 is 0. The first-order valence-electron chi connectivity index (χ1n) is 12.1. The monoisotopic (exact) mass is 564 g/mol. The Morgan fingerprint density at radius 2 is 0.757 bits per heavy atom. The van der Waals surface area contributed by atoms with Crippen LogP contribution in [-0.4, -0.2) is 32.4 Å². The molecule has 0 aliphatic rings. The van der Waals surface area contributed by atoms with Crippen molar-refractivity contribution >= 4 is 11.9 Å². The second-order valence-corrected chi connectivity index (χ2v) is 13.5. The molecule has 4 N–H and O–H groups in total. The summed E-state index contributed by atoms with van der Waals surface area (Å²) in [5.74, 6) is -2.43. The molecule has 2 rings (SSSR count). The van der Waals surface area contributed by atoms with Gasteiger partial charge in [-0.3, -0.25) is 0 Å². The zero-order valence-electron chi connectivity index (χ0n) is 24.6. The Bertz CT molecular complexity index is 1050. The minimum absolute atomic E-state index is 0. The van der Waals surface area contributed by atoms with E-state index in [1.54, 1.807) is 12.1 Å². The fourth-order valence-corrected chi connectivity index (χ4v) is 3.60. The molecule has 0 bridgehead atoms. The van der Waals surface area contributed by atoms with Gasteiger partial charge in [-0.05, 0) is 44.9 Å². The molecule has 2 aromatic rings. The molecule has 202 valence electrons. The van der Waals surface area contributed by atoms with Crippen molar-refractivity contribution in [1.29, 1.82) is 0 Å². The molecule has 6 nitrogen and oxygen atoms in total. The van der Waals surface area contributed by atoms with Gasteiger partial charge in [-0.1, -0.05) is 95.2 Å². The molecule has 0 spiro atoms. The largest absolute Gasteiger partial charge is 0.507 e. The number of rotatable bonds is 2. The van der Waals surface area contributed by atoms with Crippen LogP contribution >= 0.6 is 0 Å². The maximum absolute atomic E-state index is 11.2. The Morgan fingerprint density at radius 3 is 0.919 bits per heavy atom. The van der Waals surface area contributed by atoms with Crippen molar-refractivity contribution in [2.75, 3.05) is 0 Å². The van der Waals surface area contributed by atoms with Gasteiger partial charge in [0.15, 0.2) is 0 Å². The molecule has 0 radical (unpaired) electrons. The van der Waals surface area contributed by atoms with Gasteiger partial charge < -0.3 is 20.4 Å². The van der Waals surface area contributed by atoms with Gasteiger partial charge in [0, 0.05) is 30.6 Å². The fraction of sp³-hybridized carbons (Fsp3) is 0.533. The van der Waals surface area contributed by atoms with Crippen LogP contribution in [0.2, 0.25) is 0 Å². The maximum atomic E-state index is 11.2. The van der Waals surface area contributed by atoms with Gasteiger partial charge in [0.1, 0.15) is 22.6 Å². The summed E-state index contributed by atoms with van der Waals surface area (Å²) >= 11 is 0. The Balaban J connectivity index is 0.000000682. The van der Waals surface area contributed by atoms with Crippen LogP contribution in [0.1, 0.15) is 126 Å². The topological polar surface area (TPSA) is 115 Å². The normalized spacial score (nSPS) is 12.2. The van der Waals surface area contributed by atoms with Crippen molar-refractivity contribution in [3.05, 3.63) is 57.6 Å². The van der Waals surface area contributed by atoms with Gasteiger partial charge in [0.25, 0.3) is 0 Å². The number of carbonyl (C=O) groups is 2. The zero-order chi connectivity index (χ0) is 28.6. The van der Waals surface area contributed by atoms with Gasteiger partial charge in [-0.2, -0.15) is 0 Å². The molecule has 0 saturated heterocycles. The summed E-state index contributed by atoms with van der Waals surface area (Å²) in [7, 11) is 0. The molecule has 0 aliphatic heterocycles. The number of hydrogen-bond donors (Lipinski definition) is 4. The fourth-order valence-electron chi connectivity index (χ4n) is 3.60. The maximum Gasteiger partial charge on any atom is 0.339 e. The standard InChI is InChI=1S/2C15H22O3.Zn/c2*1-14(2,3)9-7-10(13(17)18)12(16)11(8-9)15(4,5)6;/h2*7-8,16H,1-6H3,(H,17,18);. The third-order valence-corrected chi connectivity index (χ3v) is 6.03. The minimum Gasteiger partial charge on any atom is -0.507 e. The molecule has 0 aliphatic carbocycles. The smallest absolute Gasteiger partial charge is 0.339 e. The molecule has 0 fully saturated rings.